The third-order valence-corrected chi connectivity index (χ3v) is 3.03. The van der Waals surface area contributed by atoms with Gasteiger partial charge in [-0.1, -0.05) is 13.8 Å². The molecule has 1 unspecified atom stereocenters. The molecule has 0 radical (unpaired) electrons. The van der Waals surface area contributed by atoms with Crippen molar-refractivity contribution >= 4 is 12.0 Å². The zero-order chi connectivity index (χ0) is 15.0. The second-order valence-corrected chi connectivity index (χ2v) is 5.66. The van der Waals surface area contributed by atoms with Crippen LogP contribution in [0.5, 0.6) is 0 Å². The molecule has 5 nitrogen and oxygen atoms in total. The molecule has 19 heavy (non-hydrogen) atoms. The molecule has 0 aromatic rings. The fourth-order valence-electron chi connectivity index (χ4n) is 2.23. The zero-order valence-electron chi connectivity index (χ0n) is 12.8. The van der Waals surface area contributed by atoms with Crippen molar-refractivity contribution in [3.8, 4) is 0 Å². The largest absolute Gasteiger partial charge is 0.481 e. The first kappa shape index (κ1) is 17.7. The molecule has 0 saturated carbocycles. The van der Waals surface area contributed by atoms with Gasteiger partial charge in [-0.15, -0.1) is 0 Å². The van der Waals surface area contributed by atoms with E-state index in [-0.39, 0.29) is 24.4 Å². The molecule has 2 N–H and O–H groups in total. The van der Waals surface area contributed by atoms with Gasteiger partial charge in [0.2, 0.25) is 0 Å². The van der Waals surface area contributed by atoms with Gasteiger partial charge in [0.25, 0.3) is 0 Å². The Labute approximate surface area is 116 Å². The summed E-state index contributed by atoms with van der Waals surface area (Å²) in [6, 6.07) is 0.0321. The van der Waals surface area contributed by atoms with E-state index in [1.807, 2.05) is 20.8 Å². The summed E-state index contributed by atoms with van der Waals surface area (Å²) in [6.45, 7) is 11.1. The molecule has 0 heterocycles. The number of hydrogen-bond donors (Lipinski definition) is 2. The third kappa shape index (κ3) is 7.70. The Bertz CT molecular complexity index is 290. The van der Waals surface area contributed by atoms with Crippen molar-refractivity contribution in [3.05, 3.63) is 0 Å². The molecule has 0 bridgehead atoms. The van der Waals surface area contributed by atoms with Gasteiger partial charge < -0.3 is 15.3 Å². The van der Waals surface area contributed by atoms with E-state index >= 15 is 0 Å². The van der Waals surface area contributed by atoms with Gasteiger partial charge in [0.05, 0.1) is 0 Å². The minimum Gasteiger partial charge on any atom is -0.481 e. The van der Waals surface area contributed by atoms with E-state index in [1.165, 1.54) is 0 Å². The van der Waals surface area contributed by atoms with Crippen LogP contribution in [0, 0.1) is 11.8 Å². The number of carboxylic acid groups (broad SMARTS) is 1. The van der Waals surface area contributed by atoms with Crippen LogP contribution in [-0.4, -0.2) is 41.1 Å². The number of nitrogens with zero attached hydrogens (tertiary/aromatic N) is 1. The maximum absolute atomic E-state index is 12.0. The van der Waals surface area contributed by atoms with Crippen LogP contribution >= 0.6 is 0 Å². The van der Waals surface area contributed by atoms with E-state index < -0.39 is 5.97 Å². The highest BCUT2D eigenvalue weighted by Crippen LogP contribution is 2.15. The Balaban J connectivity index is 4.36. The second-order valence-electron chi connectivity index (χ2n) is 5.66. The number of carboxylic acids is 1. The Kier molecular flexibility index (Phi) is 8.19. The average Bonchev–Trinajstić information content (AvgIpc) is 2.24. The number of nitrogens with one attached hydrogen (secondary N) is 1. The molecule has 0 fully saturated rings. The smallest absolute Gasteiger partial charge is 0.317 e. The van der Waals surface area contributed by atoms with Crippen molar-refractivity contribution in [3.63, 3.8) is 0 Å². The summed E-state index contributed by atoms with van der Waals surface area (Å²) in [5, 5.41) is 11.7. The lowest BCUT2D eigenvalue weighted by atomic mass is 9.94. The standard InChI is InChI=1S/C14H28N2O3/c1-6-16(11(4)5)14(19)15-9-12(7-10(2)3)8-13(17)18/h10-12H,6-9H2,1-5H3,(H,15,19)(H,17,18). The van der Waals surface area contributed by atoms with Crippen molar-refractivity contribution in [2.75, 3.05) is 13.1 Å². The molecule has 0 saturated heterocycles. The highest BCUT2D eigenvalue weighted by atomic mass is 16.4. The van der Waals surface area contributed by atoms with E-state index in [1.54, 1.807) is 4.90 Å². The number of carbonyl (C=O) groups is 2. The number of hydrogen-bond acceptors (Lipinski definition) is 2. The van der Waals surface area contributed by atoms with Gasteiger partial charge in [-0.25, -0.2) is 4.79 Å². The van der Waals surface area contributed by atoms with E-state index in [2.05, 4.69) is 19.2 Å². The SMILES string of the molecule is CCN(C(=O)NCC(CC(=O)O)CC(C)C)C(C)C. The van der Waals surface area contributed by atoms with Crippen molar-refractivity contribution in [2.24, 2.45) is 11.8 Å². The highest BCUT2D eigenvalue weighted by molar-refractivity contribution is 5.74. The molecule has 0 aromatic carbocycles. The lowest BCUT2D eigenvalue weighted by Gasteiger charge is -2.27. The summed E-state index contributed by atoms with van der Waals surface area (Å²) in [7, 11) is 0. The number of rotatable bonds is 8. The molecule has 5 heteroatoms. The number of carbonyl (C=O) groups excluding carboxylic acids is 1. The van der Waals surface area contributed by atoms with E-state index in [0.29, 0.717) is 19.0 Å². The van der Waals surface area contributed by atoms with Gasteiger partial charge in [0, 0.05) is 25.6 Å². The maximum atomic E-state index is 12.0. The minimum absolute atomic E-state index is 0.00711. The molecule has 0 aliphatic heterocycles. The summed E-state index contributed by atoms with van der Waals surface area (Å²) < 4.78 is 0. The van der Waals surface area contributed by atoms with Gasteiger partial charge in [-0.3, -0.25) is 4.79 Å². The van der Waals surface area contributed by atoms with Gasteiger partial charge >= 0.3 is 12.0 Å². The van der Waals surface area contributed by atoms with Crippen LogP contribution in [0.15, 0.2) is 0 Å². The molecule has 2 amide bonds. The molecule has 112 valence electrons. The van der Waals surface area contributed by atoms with Crippen LogP contribution in [0.3, 0.4) is 0 Å². The van der Waals surface area contributed by atoms with Gasteiger partial charge in [-0.2, -0.15) is 0 Å². The van der Waals surface area contributed by atoms with Crippen LogP contribution < -0.4 is 5.32 Å². The molecule has 1 atom stereocenters. The van der Waals surface area contributed by atoms with Crippen molar-refractivity contribution in [1.82, 2.24) is 10.2 Å². The van der Waals surface area contributed by atoms with Crippen LogP contribution in [0.1, 0.15) is 47.5 Å². The number of urea groups is 1. The molecular formula is C14H28N2O3. The Morgan fingerprint density at radius 3 is 2.16 bits per heavy atom. The first-order chi connectivity index (χ1) is 8.77. The molecular weight excluding hydrogens is 244 g/mol. The summed E-state index contributed by atoms with van der Waals surface area (Å²) in [5.41, 5.74) is 0. The van der Waals surface area contributed by atoms with Gasteiger partial charge in [0.15, 0.2) is 0 Å². The molecule has 0 rings (SSSR count). The lowest BCUT2D eigenvalue weighted by Crippen LogP contribution is -2.45. The highest BCUT2D eigenvalue weighted by Gasteiger charge is 2.19. The summed E-state index contributed by atoms with van der Waals surface area (Å²) in [6.07, 6.45) is 0.909. The molecule has 0 spiro atoms. The third-order valence-electron chi connectivity index (χ3n) is 3.03. The van der Waals surface area contributed by atoms with Crippen molar-refractivity contribution in [1.29, 1.82) is 0 Å². The topological polar surface area (TPSA) is 69.6 Å². The van der Waals surface area contributed by atoms with Crippen molar-refractivity contribution in [2.45, 2.75) is 53.5 Å². The van der Waals surface area contributed by atoms with Gasteiger partial charge in [-0.05, 0) is 39.0 Å². The predicted octanol–water partition coefficient (Wildman–Crippen LogP) is 2.56. The average molecular weight is 272 g/mol. The zero-order valence-corrected chi connectivity index (χ0v) is 12.8. The van der Waals surface area contributed by atoms with Crippen LogP contribution in [0.2, 0.25) is 0 Å². The lowest BCUT2D eigenvalue weighted by molar-refractivity contribution is -0.138. The van der Waals surface area contributed by atoms with E-state index in [4.69, 9.17) is 5.11 Å². The Hall–Kier alpha value is -1.26. The normalized spacial score (nSPS) is 12.6. The van der Waals surface area contributed by atoms with E-state index in [0.717, 1.165) is 6.42 Å². The predicted molar refractivity (Wildman–Crippen MR) is 76.1 cm³/mol. The summed E-state index contributed by atoms with van der Waals surface area (Å²) >= 11 is 0. The summed E-state index contributed by atoms with van der Waals surface area (Å²) in [4.78, 5) is 24.5. The molecule has 0 aliphatic carbocycles. The monoisotopic (exact) mass is 272 g/mol. The fraction of sp³-hybridized carbons (Fsp3) is 0.857. The molecule has 0 aliphatic rings. The van der Waals surface area contributed by atoms with Crippen LogP contribution in [0.25, 0.3) is 0 Å². The maximum Gasteiger partial charge on any atom is 0.317 e. The quantitative estimate of drug-likeness (QED) is 0.713. The number of aliphatic carboxylic acids is 1. The second kappa shape index (κ2) is 8.77. The van der Waals surface area contributed by atoms with Crippen molar-refractivity contribution < 1.29 is 14.7 Å². The Morgan fingerprint density at radius 1 is 1.21 bits per heavy atom. The van der Waals surface area contributed by atoms with Gasteiger partial charge in [0.1, 0.15) is 0 Å². The van der Waals surface area contributed by atoms with Crippen LogP contribution in [0.4, 0.5) is 4.79 Å². The fourth-order valence-corrected chi connectivity index (χ4v) is 2.23. The first-order valence-corrected chi connectivity index (χ1v) is 7.04. The minimum atomic E-state index is -0.809. The van der Waals surface area contributed by atoms with Crippen LogP contribution in [-0.2, 0) is 4.79 Å². The molecule has 0 aromatic heterocycles. The van der Waals surface area contributed by atoms with E-state index in [9.17, 15) is 9.59 Å². The first-order valence-electron chi connectivity index (χ1n) is 7.04. The summed E-state index contributed by atoms with van der Waals surface area (Å²) in [5.74, 6) is -0.392. The Morgan fingerprint density at radius 2 is 1.79 bits per heavy atom. The number of amides is 2.